The van der Waals surface area contributed by atoms with Crippen molar-refractivity contribution in [1.82, 2.24) is 4.98 Å². The molecule has 17 heavy (non-hydrogen) atoms. The molecule has 0 aliphatic carbocycles. The number of benzene rings is 1. The summed E-state index contributed by atoms with van der Waals surface area (Å²) in [5.74, 6) is -1.71. The first kappa shape index (κ1) is 13.0. The molecule has 88 valence electrons. The Bertz CT molecular complexity index is 563. The zero-order valence-corrected chi connectivity index (χ0v) is 12.2. The second-order valence-electron chi connectivity index (χ2n) is 3.12. The van der Waals surface area contributed by atoms with Crippen LogP contribution in [0, 0.1) is 11.6 Å². The van der Waals surface area contributed by atoms with E-state index < -0.39 is 11.6 Å². The second-order valence-corrected chi connectivity index (χ2v) is 5.95. The Morgan fingerprint density at radius 1 is 1.06 bits per heavy atom. The van der Waals surface area contributed by atoms with Gasteiger partial charge in [0.15, 0.2) is 11.6 Å². The number of hydrogen-bond donors (Lipinski definition) is 0. The molecular formula is C11H5Br2F2NS. The van der Waals surface area contributed by atoms with Crippen molar-refractivity contribution >= 4 is 43.6 Å². The summed E-state index contributed by atoms with van der Waals surface area (Å²) in [7, 11) is 0. The highest BCUT2D eigenvalue weighted by Gasteiger charge is 2.07. The maximum atomic E-state index is 13.0. The van der Waals surface area contributed by atoms with Gasteiger partial charge in [0, 0.05) is 15.6 Å². The van der Waals surface area contributed by atoms with Gasteiger partial charge in [0.2, 0.25) is 0 Å². The fraction of sp³-hybridized carbons (Fsp3) is 0. The zero-order chi connectivity index (χ0) is 12.4. The van der Waals surface area contributed by atoms with Crippen LogP contribution >= 0.6 is 43.6 Å². The molecule has 0 saturated carbocycles. The molecule has 1 aromatic heterocycles. The lowest BCUT2D eigenvalue weighted by atomic mass is 10.3. The molecule has 0 radical (unpaired) electrons. The topological polar surface area (TPSA) is 12.9 Å². The van der Waals surface area contributed by atoms with Gasteiger partial charge in [-0.2, -0.15) is 0 Å². The third-order valence-electron chi connectivity index (χ3n) is 1.88. The number of halogens is 4. The van der Waals surface area contributed by atoms with Gasteiger partial charge in [-0.25, -0.2) is 13.8 Å². The molecule has 0 aliphatic heterocycles. The van der Waals surface area contributed by atoms with E-state index in [4.69, 9.17) is 0 Å². The van der Waals surface area contributed by atoms with Crippen molar-refractivity contribution < 1.29 is 8.78 Å². The summed E-state index contributed by atoms with van der Waals surface area (Å²) >= 11 is 7.91. The molecule has 2 rings (SSSR count). The largest absolute Gasteiger partial charge is 0.247 e. The first-order valence-electron chi connectivity index (χ1n) is 4.50. The molecular weight excluding hydrogens is 376 g/mol. The monoisotopic (exact) mass is 379 g/mol. The van der Waals surface area contributed by atoms with E-state index in [-0.39, 0.29) is 0 Å². The van der Waals surface area contributed by atoms with Crippen LogP contribution in [0.2, 0.25) is 0 Å². The van der Waals surface area contributed by atoms with Gasteiger partial charge >= 0.3 is 0 Å². The van der Waals surface area contributed by atoms with Gasteiger partial charge < -0.3 is 0 Å². The zero-order valence-electron chi connectivity index (χ0n) is 8.25. The van der Waals surface area contributed by atoms with Crippen LogP contribution in [0.3, 0.4) is 0 Å². The van der Waals surface area contributed by atoms with Gasteiger partial charge in [-0.05, 0) is 56.1 Å². The molecule has 1 heterocycles. The molecule has 0 bridgehead atoms. The average Bonchev–Trinajstić information content (AvgIpc) is 2.27. The van der Waals surface area contributed by atoms with Crippen LogP contribution in [0.1, 0.15) is 0 Å². The number of hydrogen-bond acceptors (Lipinski definition) is 2. The van der Waals surface area contributed by atoms with Gasteiger partial charge in [0.05, 0.1) is 4.47 Å². The quantitative estimate of drug-likeness (QED) is 0.724. The van der Waals surface area contributed by atoms with Crippen molar-refractivity contribution in [3.63, 3.8) is 0 Å². The van der Waals surface area contributed by atoms with Crippen LogP contribution in [0.25, 0.3) is 0 Å². The average molecular weight is 381 g/mol. The normalized spacial score (nSPS) is 10.6. The molecule has 0 unspecified atom stereocenters. The molecule has 1 aromatic carbocycles. The summed E-state index contributed by atoms with van der Waals surface area (Å²) in [6, 6.07) is 5.61. The van der Waals surface area contributed by atoms with Crippen LogP contribution in [0.4, 0.5) is 8.78 Å². The fourth-order valence-electron chi connectivity index (χ4n) is 1.13. The number of nitrogens with zero attached hydrogens (tertiary/aromatic N) is 1. The SMILES string of the molecule is Fc1ccc(Sc2ncc(Br)cc2Br)cc1F. The minimum absolute atomic E-state index is 0.597. The predicted octanol–water partition coefficient (Wildman–Crippen LogP) is 5.04. The Balaban J connectivity index is 2.28. The maximum Gasteiger partial charge on any atom is 0.159 e. The first-order chi connectivity index (χ1) is 8.06. The van der Waals surface area contributed by atoms with E-state index in [1.165, 1.54) is 17.8 Å². The van der Waals surface area contributed by atoms with E-state index in [0.717, 1.165) is 21.1 Å². The summed E-state index contributed by atoms with van der Waals surface area (Å²) in [4.78, 5) is 4.77. The molecule has 6 heteroatoms. The lowest BCUT2D eigenvalue weighted by Crippen LogP contribution is -1.86. The Kier molecular flexibility index (Phi) is 4.17. The molecule has 2 aromatic rings. The van der Waals surface area contributed by atoms with Crippen LogP contribution in [0.5, 0.6) is 0 Å². The molecule has 0 aliphatic rings. The summed E-state index contributed by atoms with van der Waals surface area (Å²) in [6.07, 6.45) is 1.65. The Morgan fingerprint density at radius 3 is 2.47 bits per heavy atom. The van der Waals surface area contributed by atoms with Gasteiger partial charge in [0.1, 0.15) is 5.03 Å². The molecule has 1 nitrogen and oxygen atoms in total. The third-order valence-corrected chi connectivity index (χ3v) is 4.19. The van der Waals surface area contributed by atoms with Crippen LogP contribution < -0.4 is 0 Å². The fourth-order valence-corrected chi connectivity index (χ4v) is 3.14. The highest BCUT2D eigenvalue weighted by Crippen LogP contribution is 2.33. The number of rotatable bonds is 2. The van der Waals surface area contributed by atoms with Crippen molar-refractivity contribution in [2.24, 2.45) is 0 Å². The molecule has 0 N–H and O–H groups in total. The third kappa shape index (κ3) is 3.26. The highest BCUT2D eigenvalue weighted by atomic mass is 79.9. The summed E-state index contributed by atoms with van der Waals surface area (Å²) in [5.41, 5.74) is 0. The summed E-state index contributed by atoms with van der Waals surface area (Å²) < 4.78 is 27.4. The van der Waals surface area contributed by atoms with Crippen LogP contribution in [-0.4, -0.2) is 4.98 Å². The van der Waals surface area contributed by atoms with E-state index in [0.29, 0.717) is 9.92 Å². The van der Waals surface area contributed by atoms with E-state index in [9.17, 15) is 8.78 Å². The minimum Gasteiger partial charge on any atom is -0.247 e. The van der Waals surface area contributed by atoms with Crippen molar-refractivity contribution in [2.75, 3.05) is 0 Å². The van der Waals surface area contributed by atoms with Gasteiger partial charge in [-0.1, -0.05) is 11.8 Å². The Labute approximate surface area is 118 Å². The first-order valence-corrected chi connectivity index (χ1v) is 6.90. The van der Waals surface area contributed by atoms with E-state index >= 15 is 0 Å². The lowest BCUT2D eigenvalue weighted by Gasteiger charge is -2.04. The van der Waals surface area contributed by atoms with E-state index in [1.54, 1.807) is 6.20 Å². The number of aromatic nitrogens is 1. The highest BCUT2D eigenvalue weighted by molar-refractivity contribution is 9.11. The van der Waals surface area contributed by atoms with Crippen molar-refractivity contribution in [1.29, 1.82) is 0 Å². The lowest BCUT2D eigenvalue weighted by molar-refractivity contribution is 0.506. The van der Waals surface area contributed by atoms with Crippen molar-refractivity contribution in [3.8, 4) is 0 Å². The molecule has 0 spiro atoms. The maximum absolute atomic E-state index is 13.0. The van der Waals surface area contributed by atoms with Gasteiger partial charge in [-0.15, -0.1) is 0 Å². The predicted molar refractivity (Wildman–Crippen MR) is 70.1 cm³/mol. The minimum atomic E-state index is -0.858. The van der Waals surface area contributed by atoms with Crippen LogP contribution in [-0.2, 0) is 0 Å². The molecule has 0 saturated heterocycles. The molecule has 0 amide bonds. The van der Waals surface area contributed by atoms with Crippen molar-refractivity contribution in [2.45, 2.75) is 9.92 Å². The molecule has 0 atom stereocenters. The summed E-state index contributed by atoms with van der Waals surface area (Å²) in [5, 5.41) is 0.694. The van der Waals surface area contributed by atoms with E-state index in [2.05, 4.69) is 36.8 Å². The standard InChI is InChI=1S/C11H5Br2F2NS/c12-6-3-8(13)11(16-5-6)17-7-1-2-9(14)10(15)4-7/h1-5H. The Morgan fingerprint density at radius 2 is 1.82 bits per heavy atom. The number of pyridine rings is 1. The molecule has 0 fully saturated rings. The van der Waals surface area contributed by atoms with Crippen molar-refractivity contribution in [3.05, 3.63) is 51.0 Å². The smallest absolute Gasteiger partial charge is 0.159 e. The van der Waals surface area contributed by atoms with Gasteiger partial charge in [-0.3, -0.25) is 0 Å². The van der Waals surface area contributed by atoms with Gasteiger partial charge in [0.25, 0.3) is 0 Å². The van der Waals surface area contributed by atoms with E-state index in [1.807, 2.05) is 6.07 Å². The van der Waals surface area contributed by atoms with Crippen LogP contribution in [0.15, 0.2) is 49.3 Å². The Hall–Kier alpha value is -0.460. The second kappa shape index (κ2) is 5.46. The summed E-state index contributed by atoms with van der Waals surface area (Å²) in [6.45, 7) is 0.